The second-order valence-electron chi connectivity index (χ2n) is 6.85. The van der Waals surface area contributed by atoms with Crippen LogP contribution in [0.1, 0.15) is 25.5 Å². The maximum atomic E-state index is 13.2. The number of guanidine groups is 1. The first-order valence-electron chi connectivity index (χ1n) is 9.57. The molecule has 1 saturated heterocycles. The van der Waals surface area contributed by atoms with Gasteiger partial charge in [-0.2, -0.15) is 5.10 Å². The second kappa shape index (κ2) is 9.46. The van der Waals surface area contributed by atoms with Crippen molar-refractivity contribution in [2.24, 2.45) is 4.99 Å². The Labute approximate surface area is 168 Å². The third-order valence-electron chi connectivity index (χ3n) is 4.56. The van der Waals surface area contributed by atoms with Crippen molar-refractivity contribution in [1.29, 1.82) is 0 Å². The molecule has 0 saturated carbocycles. The van der Waals surface area contributed by atoms with Crippen LogP contribution in [0.15, 0.2) is 41.7 Å². The summed E-state index contributed by atoms with van der Waals surface area (Å²) in [4.78, 5) is 17.1. The van der Waals surface area contributed by atoms with Crippen LogP contribution in [-0.4, -0.2) is 57.8 Å². The Bertz CT molecular complexity index is 854. The fraction of sp³-hybridized carbons (Fsp3) is 0.474. The highest BCUT2D eigenvalue weighted by molar-refractivity contribution is 5.80. The van der Waals surface area contributed by atoms with Gasteiger partial charge in [-0.1, -0.05) is 12.1 Å². The number of rotatable bonds is 6. The molecule has 10 heteroatoms. The van der Waals surface area contributed by atoms with Gasteiger partial charge < -0.3 is 15.0 Å². The highest BCUT2D eigenvalue weighted by Crippen LogP contribution is 2.25. The molecule has 2 atom stereocenters. The van der Waals surface area contributed by atoms with Gasteiger partial charge in [0.2, 0.25) is 0 Å². The molecule has 1 aliphatic rings. The Hall–Kier alpha value is -3.01. The molecule has 9 nitrogen and oxygen atoms in total. The minimum absolute atomic E-state index is 0.0172. The average molecular weight is 404 g/mol. The number of nitrogens with zero attached hydrogens (tertiary/aromatic N) is 5. The van der Waals surface area contributed by atoms with Crippen LogP contribution in [0.5, 0.6) is 0 Å². The highest BCUT2D eigenvalue weighted by Gasteiger charge is 2.28. The van der Waals surface area contributed by atoms with Crippen LogP contribution in [0.4, 0.5) is 10.1 Å². The first kappa shape index (κ1) is 20.7. The lowest BCUT2D eigenvalue weighted by Crippen LogP contribution is -2.50. The van der Waals surface area contributed by atoms with Crippen LogP contribution >= 0.6 is 0 Å². The Kier molecular flexibility index (Phi) is 6.76. The molecule has 3 rings (SSSR count). The average Bonchev–Trinajstić information content (AvgIpc) is 3.17. The van der Waals surface area contributed by atoms with Gasteiger partial charge in [-0.05, 0) is 31.5 Å². The number of morpholine rings is 1. The fourth-order valence-corrected chi connectivity index (χ4v) is 3.24. The number of hydrogen-bond acceptors (Lipinski definition) is 5. The van der Waals surface area contributed by atoms with Crippen molar-refractivity contribution >= 4 is 11.6 Å². The smallest absolute Gasteiger partial charge is 0.306 e. The molecule has 0 amide bonds. The number of hydrogen-bond donors (Lipinski definition) is 1. The van der Waals surface area contributed by atoms with Gasteiger partial charge in [-0.15, -0.1) is 0 Å². The van der Waals surface area contributed by atoms with Crippen LogP contribution in [-0.2, 0) is 11.3 Å². The Morgan fingerprint density at radius 3 is 2.83 bits per heavy atom. The van der Waals surface area contributed by atoms with Gasteiger partial charge in [-0.25, -0.2) is 4.39 Å². The van der Waals surface area contributed by atoms with E-state index in [-0.39, 0.29) is 23.7 Å². The van der Waals surface area contributed by atoms with Crippen molar-refractivity contribution in [3.8, 4) is 0 Å². The van der Waals surface area contributed by atoms with Crippen LogP contribution < -0.4 is 5.32 Å². The summed E-state index contributed by atoms with van der Waals surface area (Å²) in [6, 6.07) is 6.35. The fourth-order valence-electron chi connectivity index (χ4n) is 3.24. The largest absolute Gasteiger partial charge is 0.367 e. The van der Waals surface area contributed by atoms with Crippen molar-refractivity contribution in [3.63, 3.8) is 0 Å². The van der Waals surface area contributed by atoms with E-state index >= 15 is 0 Å². The molecule has 1 aliphatic heterocycles. The zero-order valence-electron chi connectivity index (χ0n) is 16.5. The van der Waals surface area contributed by atoms with Crippen LogP contribution in [0.3, 0.4) is 0 Å². The molecule has 2 unspecified atom stereocenters. The maximum Gasteiger partial charge on any atom is 0.306 e. The number of ether oxygens (including phenoxy) is 1. The molecular weight excluding hydrogens is 379 g/mol. The lowest BCUT2D eigenvalue weighted by molar-refractivity contribution is -0.385. The Balaban J connectivity index is 1.68. The summed E-state index contributed by atoms with van der Waals surface area (Å²) in [7, 11) is 0. The van der Waals surface area contributed by atoms with Crippen LogP contribution in [0.2, 0.25) is 0 Å². The number of aromatic nitrogens is 2. The van der Waals surface area contributed by atoms with Gasteiger partial charge in [0, 0.05) is 13.1 Å². The maximum absolute atomic E-state index is 13.2. The molecule has 1 aromatic heterocycles. The molecule has 0 radical (unpaired) electrons. The molecule has 0 spiro atoms. The minimum atomic E-state index is -0.471. The number of aliphatic imine (C=N–C) groups is 1. The van der Waals surface area contributed by atoms with Gasteiger partial charge >= 0.3 is 5.69 Å². The van der Waals surface area contributed by atoms with Crippen molar-refractivity contribution in [2.75, 3.05) is 26.2 Å². The minimum Gasteiger partial charge on any atom is -0.367 e. The number of nitrogens with one attached hydrogen (secondary N) is 1. The van der Waals surface area contributed by atoms with Crippen molar-refractivity contribution in [2.45, 2.75) is 32.6 Å². The first-order chi connectivity index (χ1) is 14.0. The van der Waals surface area contributed by atoms with Gasteiger partial charge in [-0.3, -0.25) is 19.8 Å². The summed E-state index contributed by atoms with van der Waals surface area (Å²) in [5.41, 5.74) is 0.882. The normalized spacial score (nSPS) is 20.0. The van der Waals surface area contributed by atoms with E-state index in [2.05, 4.69) is 20.3 Å². The molecule has 2 heterocycles. The number of halogens is 1. The predicted molar refractivity (Wildman–Crippen MR) is 106 cm³/mol. The lowest BCUT2D eigenvalue weighted by Gasteiger charge is -2.38. The summed E-state index contributed by atoms with van der Waals surface area (Å²) >= 11 is 0. The van der Waals surface area contributed by atoms with E-state index in [0.717, 1.165) is 11.5 Å². The summed E-state index contributed by atoms with van der Waals surface area (Å²) in [6.07, 6.45) is 2.42. The van der Waals surface area contributed by atoms with E-state index in [1.54, 1.807) is 12.1 Å². The first-order valence-corrected chi connectivity index (χ1v) is 9.57. The third kappa shape index (κ3) is 5.50. The van der Waals surface area contributed by atoms with E-state index in [9.17, 15) is 14.5 Å². The molecule has 1 N–H and O–H groups in total. The monoisotopic (exact) mass is 404 g/mol. The van der Waals surface area contributed by atoms with E-state index in [4.69, 9.17) is 4.74 Å². The molecule has 2 aromatic rings. The zero-order chi connectivity index (χ0) is 20.8. The van der Waals surface area contributed by atoms with Gasteiger partial charge in [0.1, 0.15) is 24.3 Å². The molecular formula is C19H25FN6O3. The van der Waals surface area contributed by atoms with Gasteiger partial charge in [0.25, 0.3) is 0 Å². The van der Waals surface area contributed by atoms with Crippen LogP contribution in [0, 0.1) is 15.9 Å². The SMILES string of the molecule is CCNC(=NCCn1cc([N+](=O)[O-])cn1)N1CC(C)OC(c2ccc(F)cc2)C1. The summed E-state index contributed by atoms with van der Waals surface area (Å²) in [5, 5.41) is 18.0. The summed E-state index contributed by atoms with van der Waals surface area (Å²) in [6.45, 7) is 6.83. The standard InChI is InChI=1S/C19H25FN6O3/c1-3-21-19(22-8-9-25-12-17(10-23-25)26(27)28)24-11-14(2)29-18(13-24)15-4-6-16(20)7-5-15/h4-7,10,12,14,18H,3,8-9,11,13H2,1-2H3,(H,21,22). The van der Waals surface area contributed by atoms with Crippen molar-refractivity contribution in [1.82, 2.24) is 20.0 Å². The molecule has 29 heavy (non-hydrogen) atoms. The number of benzene rings is 1. The van der Waals surface area contributed by atoms with E-state index in [1.807, 2.05) is 13.8 Å². The quantitative estimate of drug-likeness (QED) is 0.344. The summed E-state index contributed by atoms with van der Waals surface area (Å²) in [5.74, 6) is 0.472. The third-order valence-corrected chi connectivity index (χ3v) is 4.56. The van der Waals surface area contributed by atoms with E-state index in [0.29, 0.717) is 32.7 Å². The molecule has 0 aliphatic carbocycles. The lowest BCUT2D eigenvalue weighted by atomic mass is 10.1. The van der Waals surface area contributed by atoms with Gasteiger partial charge in [0.15, 0.2) is 5.96 Å². The summed E-state index contributed by atoms with van der Waals surface area (Å²) < 4.78 is 20.8. The molecule has 1 fully saturated rings. The van der Waals surface area contributed by atoms with Crippen LogP contribution in [0.25, 0.3) is 0 Å². The predicted octanol–water partition coefficient (Wildman–Crippen LogP) is 2.36. The van der Waals surface area contributed by atoms with E-state index in [1.165, 1.54) is 29.2 Å². The molecule has 1 aromatic carbocycles. The topological polar surface area (TPSA) is 97.8 Å². The van der Waals surface area contributed by atoms with E-state index < -0.39 is 4.92 Å². The highest BCUT2D eigenvalue weighted by atomic mass is 19.1. The zero-order valence-corrected chi connectivity index (χ0v) is 16.5. The van der Waals surface area contributed by atoms with Crippen molar-refractivity contribution < 1.29 is 14.1 Å². The number of nitro groups is 1. The molecule has 156 valence electrons. The Morgan fingerprint density at radius 1 is 1.41 bits per heavy atom. The molecule has 0 bridgehead atoms. The van der Waals surface area contributed by atoms with Gasteiger partial charge in [0.05, 0.1) is 30.7 Å². The van der Waals surface area contributed by atoms with Crippen molar-refractivity contribution in [3.05, 3.63) is 58.2 Å². The Morgan fingerprint density at radius 2 is 2.17 bits per heavy atom. The second-order valence-corrected chi connectivity index (χ2v) is 6.85.